The highest BCUT2D eigenvalue weighted by Crippen LogP contribution is 2.06. The molecule has 0 aromatic heterocycles. The number of rotatable bonds is 9. The summed E-state index contributed by atoms with van der Waals surface area (Å²) in [6.07, 6.45) is 2.83. The van der Waals surface area contributed by atoms with E-state index in [2.05, 4.69) is 5.32 Å². The highest BCUT2D eigenvalue weighted by Gasteiger charge is 2.14. The van der Waals surface area contributed by atoms with Gasteiger partial charge in [-0.05, 0) is 26.7 Å². The van der Waals surface area contributed by atoms with Crippen molar-refractivity contribution in [3.05, 3.63) is 0 Å². The summed E-state index contributed by atoms with van der Waals surface area (Å²) in [5, 5.41) is 2.77. The molecular weight excluding hydrogens is 266 g/mol. The third-order valence-electron chi connectivity index (χ3n) is 2.72. The van der Waals surface area contributed by atoms with Crippen LogP contribution < -0.4 is 11.1 Å². The second-order valence-corrected chi connectivity index (χ2v) is 7.43. The molecule has 114 valence electrons. The molecule has 0 saturated heterocycles. The van der Waals surface area contributed by atoms with Crippen molar-refractivity contribution in [2.75, 3.05) is 25.9 Å². The van der Waals surface area contributed by atoms with Crippen molar-refractivity contribution in [2.45, 2.75) is 45.6 Å². The van der Waals surface area contributed by atoms with E-state index in [4.69, 9.17) is 5.73 Å². The smallest absolute Gasteiger partial charge is 0.220 e. The van der Waals surface area contributed by atoms with Crippen LogP contribution in [-0.2, 0) is 14.8 Å². The minimum Gasteiger partial charge on any atom is -0.356 e. The van der Waals surface area contributed by atoms with Gasteiger partial charge < -0.3 is 11.1 Å². The number of nitrogens with two attached hydrogens (primary N) is 1. The standard InChI is InChI=1S/C12H27N3O3S/c1-5-15(19(4,17)18)10-6-9-14-11(16)7-8-12(2,3)13/h5-10,13H2,1-4H3,(H,14,16). The predicted octanol–water partition coefficient (Wildman–Crippen LogP) is 0.292. The van der Waals surface area contributed by atoms with E-state index in [1.807, 2.05) is 13.8 Å². The summed E-state index contributed by atoms with van der Waals surface area (Å²) in [6.45, 7) is 6.92. The normalized spacial score (nSPS) is 12.7. The Kier molecular flexibility index (Phi) is 7.54. The van der Waals surface area contributed by atoms with E-state index in [0.717, 1.165) is 0 Å². The van der Waals surface area contributed by atoms with Crippen LogP contribution in [-0.4, -0.2) is 50.1 Å². The van der Waals surface area contributed by atoms with Crippen LogP contribution in [0.4, 0.5) is 0 Å². The Morgan fingerprint density at radius 2 is 1.95 bits per heavy atom. The lowest BCUT2D eigenvalue weighted by Crippen LogP contribution is -2.36. The van der Waals surface area contributed by atoms with Gasteiger partial charge in [0.25, 0.3) is 0 Å². The fraction of sp³-hybridized carbons (Fsp3) is 0.917. The maximum absolute atomic E-state index is 11.5. The first-order valence-corrected chi connectivity index (χ1v) is 8.42. The Morgan fingerprint density at radius 1 is 1.37 bits per heavy atom. The van der Waals surface area contributed by atoms with Gasteiger partial charge in [-0.2, -0.15) is 0 Å². The molecule has 0 bridgehead atoms. The van der Waals surface area contributed by atoms with E-state index in [1.54, 1.807) is 6.92 Å². The molecule has 6 nitrogen and oxygen atoms in total. The molecule has 0 aromatic carbocycles. The quantitative estimate of drug-likeness (QED) is 0.598. The molecule has 0 aliphatic rings. The maximum Gasteiger partial charge on any atom is 0.220 e. The zero-order valence-electron chi connectivity index (χ0n) is 12.4. The first-order valence-electron chi connectivity index (χ1n) is 6.57. The second kappa shape index (κ2) is 7.81. The Labute approximate surface area is 116 Å². The second-order valence-electron chi connectivity index (χ2n) is 5.45. The van der Waals surface area contributed by atoms with E-state index in [9.17, 15) is 13.2 Å². The minimum atomic E-state index is -3.14. The minimum absolute atomic E-state index is 0.0408. The third kappa shape index (κ3) is 9.86. The number of carbonyl (C=O) groups excluding carboxylic acids is 1. The number of amides is 1. The summed E-state index contributed by atoms with van der Waals surface area (Å²) in [4.78, 5) is 11.5. The largest absolute Gasteiger partial charge is 0.356 e. The number of hydrogen-bond donors (Lipinski definition) is 2. The molecule has 0 aromatic rings. The molecule has 0 aliphatic heterocycles. The zero-order valence-corrected chi connectivity index (χ0v) is 13.2. The van der Waals surface area contributed by atoms with Crippen molar-refractivity contribution >= 4 is 15.9 Å². The van der Waals surface area contributed by atoms with E-state index >= 15 is 0 Å². The van der Waals surface area contributed by atoms with E-state index in [-0.39, 0.29) is 11.4 Å². The highest BCUT2D eigenvalue weighted by molar-refractivity contribution is 7.88. The molecule has 0 rings (SSSR count). The van der Waals surface area contributed by atoms with Gasteiger partial charge in [-0.15, -0.1) is 0 Å². The van der Waals surface area contributed by atoms with Crippen LogP contribution in [0.5, 0.6) is 0 Å². The molecule has 0 heterocycles. The lowest BCUT2D eigenvalue weighted by atomic mass is 10.00. The summed E-state index contributed by atoms with van der Waals surface area (Å²) >= 11 is 0. The molecule has 7 heteroatoms. The van der Waals surface area contributed by atoms with Crippen molar-refractivity contribution in [2.24, 2.45) is 5.73 Å². The summed E-state index contributed by atoms with van der Waals surface area (Å²) in [7, 11) is -3.14. The van der Waals surface area contributed by atoms with Gasteiger partial charge in [0.05, 0.1) is 6.26 Å². The number of sulfonamides is 1. The lowest BCUT2D eigenvalue weighted by Gasteiger charge is -2.19. The van der Waals surface area contributed by atoms with Gasteiger partial charge in [0, 0.05) is 31.6 Å². The Bertz CT molecular complexity index is 374. The fourth-order valence-corrected chi connectivity index (χ4v) is 2.50. The van der Waals surface area contributed by atoms with Crippen molar-refractivity contribution < 1.29 is 13.2 Å². The van der Waals surface area contributed by atoms with Gasteiger partial charge in [0.1, 0.15) is 0 Å². The van der Waals surface area contributed by atoms with Gasteiger partial charge in [0.15, 0.2) is 0 Å². The molecule has 0 fully saturated rings. The SMILES string of the molecule is CCN(CCCNC(=O)CCC(C)(C)N)S(C)(=O)=O. The average molecular weight is 293 g/mol. The molecule has 1 amide bonds. The summed E-state index contributed by atoms with van der Waals surface area (Å²) in [5.74, 6) is -0.0408. The van der Waals surface area contributed by atoms with Crippen LogP contribution in [0.15, 0.2) is 0 Å². The Morgan fingerprint density at radius 3 is 2.37 bits per heavy atom. The van der Waals surface area contributed by atoms with Gasteiger partial charge in [-0.25, -0.2) is 12.7 Å². The van der Waals surface area contributed by atoms with Crippen molar-refractivity contribution in [1.82, 2.24) is 9.62 Å². The summed E-state index contributed by atoms with van der Waals surface area (Å²) in [5.41, 5.74) is 5.45. The molecule has 0 radical (unpaired) electrons. The molecule has 0 unspecified atom stereocenters. The van der Waals surface area contributed by atoms with E-state index in [1.165, 1.54) is 10.6 Å². The van der Waals surface area contributed by atoms with Crippen LogP contribution >= 0.6 is 0 Å². The lowest BCUT2D eigenvalue weighted by molar-refractivity contribution is -0.121. The molecule has 0 aliphatic carbocycles. The molecule has 19 heavy (non-hydrogen) atoms. The zero-order chi connectivity index (χ0) is 15.1. The molecule has 0 atom stereocenters. The summed E-state index contributed by atoms with van der Waals surface area (Å²) in [6, 6.07) is 0. The van der Waals surface area contributed by atoms with Crippen LogP contribution in [0.2, 0.25) is 0 Å². The van der Waals surface area contributed by atoms with Gasteiger partial charge in [-0.1, -0.05) is 6.92 Å². The van der Waals surface area contributed by atoms with Crippen molar-refractivity contribution in [3.8, 4) is 0 Å². The first kappa shape index (κ1) is 18.3. The first-order chi connectivity index (χ1) is 8.56. The molecule has 0 saturated carbocycles. The number of carbonyl (C=O) groups is 1. The number of hydrogen-bond acceptors (Lipinski definition) is 4. The molecular formula is C12H27N3O3S. The monoisotopic (exact) mass is 293 g/mol. The topological polar surface area (TPSA) is 92.5 Å². The van der Waals surface area contributed by atoms with Crippen LogP contribution in [0.3, 0.4) is 0 Å². The van der Waals surface area contributed by atoms with Gasteiger partial charge in [-0.3, -0.25) is 4.79 Å². The molecule has 0 spiro atoms. The Hall–Kier alpha value is -0.660. The predicted molar refractivity (Wildman–Crippen MR) is 77.2 cm³/mol. The van der Waals surface area contributed by atoms with E-state index in [0.29, 0.717) is 38.9 Å². The number of nitrogens with one attached hydrogen (secondary N) is 1. The molecule has 3 N–H and O–H groups in total. The van der Waals surface area contributed by atoms with Crippen LogP contribution in [0, 0.1) is 0 Å². The van der Waals surface area contributed by atoms with Crippen LogP contribution in [0.25, 0.3) is 0 Å². The number of nitrogens with zero attached hydrogens (tertiary/aromatic N) is 1. The van der Waals surface area contributed by atoms with Gasteiger partial charge >= 0.3 is 0 Å². The van der Waals surface area contributed by atoms with Crippen molar-refractivity contribution in [1.29, 1.82) is 0 Å². The van der Waals surface area contributed by atoms with Crippen LogP contribution in [0.1, 0.15) is 40.0 Å². The Balaban J connectivity index is 3.83. The highest BCUT2D eigenvalue weighted by atomic mass is 32.2. The average Bonchev–Trinajstić information content (AvgIpc) is 2.23. The van der Waals surface area contributed by atoms with Gasteiger partial charge in [0.2, 0.25) is 15.9 Å². The maximum atomic E-state index is 11.5. The fourth-order valence-electron chi connectivity index (χ4n) is 1.57. The third-order valence-corrected chi connectivity index (χ3v) is 4.10. The van der Waals surface area contributed by atoms with E-state index < -0.39 is 10.0 Å². The summed E-state index contributed by atoms with van der Waals surface area (Å²) < 4.78 is 24.0. The van der Waals surface area contributed by atoms with Crippen molar-refractivity contribution in [3.63, 3.8) is 0 Å².